The van der Waals surface area contributed by atoms with Crippen molar-refractivity contribution in [3.8, 4) is 0 Å². The zero-order valence-corrected chi connectivity index (χ0v) is 10.9. The molecule has 3 nitrogen and oxygen atoms in total. The Hall–Kier alpha value is -0.900. The van der Waals surface area contributed by atoms with Crippen LogP contribution < -0.4 is 0 Å². The monoisotopic (exact) mass is 237 g/mol. The molecule has 17 heavy (non-hydrogen) atoms. The van der Waals surface area contributed by atoms with Crippen LogP contribution in [0.1, 0.15) is 39.2 Å². The molecular formula is C14H23NO2. The highest BCUT2D eigenvalue weighted by atomic mass is 16.5. The number of hydrogen-bond acceptors (Lipinski definition) is 3. The first-order chi connectivity index (χ1) is 7.95. The van der Waals surface area contributed by atoms with Crippen molar-refractivity contribution in [2.24, 2.45) is 0 Å². The highest BCUT2D eigenvalue weighted by molar-refractivity contribution is 5.14. The van der Waals surface area contributed by atoms with Crippen LogP contribution >= 0.6 is 0 Å². The number of aliphatic hydroxyl groups is 1. The standard InChI is InChI=1S/C14H23NO2/c1-4-8-13(14(2,3)16)15(17)11-12-9-6-5-7-10-12/h5-7,9-10,13,16-17H,4,8,11H2,1-3H3. The van der Waals surface area contributed by atoms with Gasteiger partial charge < -0.3 is 10.3 Å². The Bertz CT molecular complexity index is 319. The summed E-state index contributed by atoms with van der Waals surface area (Å²) in [4.78, 5) is 0. The molecule has 0 bridgehead atoms. The number of hydrogen-bond donors (Lipinski definition) is 2. The molecule has 0 radical (unpaired) electrons. The van der Waals surface area contributed by atoms with Crippen molar-refractivity contribution in [3.05, 3.63) is 35.9 Å². The van der Waals surface area contributed by atoms with Gasteiger partial charge in [-0.3, -0.25) is 0 Å². The third kappa shape index (κ3) is 4.46. The summed E-state index contributed by atoms with van der Waals surface area (Å²) in [5.41, 5.74) is 0.139. The smallest absolute Gasteiger partial charge is 0.0769 e. The fourth-order valence-corrected chi connectivity index (χ4v) is 2.02. The quantitative estimate of drug-likeness (QED) is 0.748. The van der Waals surface area contributed by atoms with Gasteiger partial charge in [0.25, 0.3) is 0 Å². The van der Waals surface area contributed by atoms with Crippen LogP contribution in [0, 0.1) is 0 Å². The Balaban J connectivity index is 2.69. The third-order valence-electron chi connectivity index (χ3n) is 2.92. The van der Waals surface area contributed by atoms with Crippen molar-refractivity contribution in [3.63, 3.8) is 0 Å². The average Bonchev–Trinajstić information content (AvgIpc) is 2.25. The predicted molar refractivity (Wildman–Crippen MR) is 68.8 cm³/mol. The molecule has 1 rings (SSSR count). The molecule has 0 aliphatic rings. The molecule has 2 N–H and O–H groups in total. The van der Waals surface area contributed by atoms with Gasteiger partial charge in [0.15, 0.2) is 0 Å². The van der Waals surface area contributed by atoms with E-state index < -0.39 is 5.60 Å². The van der Waals surface area contributed by atoms with Crippen LogP contribution in [0.25, 0.3) is 0 Å². The summed E-state index contributed by atoms with van der Waals surface area (Å²) in [6.45, 7) is 5.97. The normalized spacial score (nSPS) is 14.0. The molecule has 0 saturated heterocycles. The molecule has 3 heteroatoms. The maximum atomic E-state index is 10.1. The molecule has 0 heterocycles. The molecule has 0 fully saturated rings. The zero-order valence-electron chi connectivity index (χ0n) is 10.9. The highest BCUT2D eigenvalue weighted by Gasteiger charge is 2.30. The Kier molecular flexibility index (Phi) is 5.12. The molecule has 0 aliphatic heterocycles. The van der Waals surface area contributed by atoms with E-state index in [0.29, 0.717) is 6.54 Å². The van der Waals surface area contributed by atoms with Gasteiger partial charge in [0.05, 0.1) is 11.6 Å². The molecule has 96 valence electrons. The summed E-state index contributed by atoms with van der Waals surface area (Å²) >= 11 is 0. The van der Waals surface area contributed by atoms with Gasteiger partial charge in [-0.2, -0.15) is 5.06 Å². The van der Waals surface area contributed by atoms with Gasteiger partial charge >= 0.3 is 0 Å². The van der Waals surface area contributed by atoms with Crippen molar-refractivity contribution in [1.29, 1.82) is 0 Å². The lowest BCUT2D eigenvalue weighted by Crippen LogP contribution is -2.47. The van der Waals surface area contributed by atoms with Gasteiger partial charge in [0.1, 0.15) is 0 Å². The Morgan fingerprint density at radius 3 is 2.29 bits per heavy atom. The summed E-state index contributed by atoms with van der Waals surface area (Å²) in [6, 6.07) is 9.54. The van der Waals surface area contributed by atoms with Crippen LogP contribution in [-0.4, -0.2) is 27.0 Å². The minimum atomic E-state index is -0.903. The van der Waals surface area contributed by atoms with Crippen molar-refractivity contribution in [2.45, 2.75) is 51.8 Å². The predicted octanol–water partition coefficient (Wildman–Crippen LogP) is 2.82. The molecule has 0 saturated carbocycles. The molecule has 0 spiro atoms. The number of nitrogens with zero attached hydrogens (tertiary/aromatic N) is 1. The van der Waals surface area contributed by atoms with E-state index in [1.807, 2.05) is 30.3 Å². The van der Waals surface area contributed by atoms with Crippen molar-refractivity contribution in [2.75, 3.05) is 0 Å². The van der Waals surface area contributed by atoms with Gasteiger partial charge in [0.2, 0.25) is 0 Å². The summed E-state index contributed by atoms with van der Waals surface area (Å²) in [7, 11) is 0. The summed E-state index contributed by atoms with van der Waals surface area (Å²) in [6.07, 6.45) is 1.70. The molecule has 0 aliphatic carbocycles. The van der Waals surface area contributed by atoms with Gasteiger partial charge in [0, 0.05) is 6.54 Å². The van der Waals surface area contributed by atoms with Crippen LogP contribution in [0.2, 0.25) is 0 Å². The second-order valence-corrected chi connectivity index (χ2v) is 5.04. The highest BCUT2D eigenvalue weighted by Crippen LogP contribution is 2.20. The molecule has 1 unspecified atom stereocenters. The lowest BCUT2D eigenvalue weighted by atomic mass is 9.94. The van der Waals surface area contributed by atoms with Crippen LogP contribution in [-0.2, 0) is 6.54 Å². The fraction of sp³-hybridized carbons (Fsp3) is 0.571. The van der Waals surface area contributed by atoms with E-state index in [1.54, 1.807) is 13.8 Å². The first-order valence-corrected chi connectivity index (χ1v) is 6.17. The first kappa shape index (κ1) is 14.2. The number of benzene rings is 1. The van der Waals surface area contributed by atoms with Gasteiger partial charge in [-0.05, 0) is 25.8 Å². The maximum absolute atomic E-state index is 10.1. The minimum Gasteiger partial charge on any atom is -0.389 e. The van der Waals surface area contributed by atoms with E-state index in [0.717, 1.165) is 18.4 Å². The summed E-state index contributed by atoms with van der Waals surface area (Å²) in [5.74, 6) is 0. The molecule has 0 aromatic heterocycles. The van der Waals surface area contributed by atoms with Crippen LogP contribution in [0.3, 0.4) is 0 Å². The number of rotatable bonds is 6. The summed E-state index contributed by atoms with van der Waals surface area (Å²) < 4.78 is 0. The Labute approximate surface area is 104 Å². The second kappa shape index (κ2) is 6.15. The van der Waals surface area contributed by atoms with Gasteiger partial charge in [-0.15, -0.1) is 0 Å². The Morgan fingerprint density at radius 2 is 1.82 bits per heavy atom. The topological polar surface area (TPSA) is 43.7 Å². The molecule has 1 atom stereocenters. The van der Waals surface area contributed by atoms with E-state index in [4.69, 9.17) is 0 Å². The SMILES string of the molecule is CCCC(N(O)Cc1ccccc1)C(C)(C)O. The van der Waals surface area contributed by atoms with Gasteiger partial charge in [-0.25, -0.2) is 0 Å². The summed E-state index contributed by atoms with van der Waals surface area (Å²) in [5, 5.41) is 21.4. The van der Waals surface area contributed by atoms with E-state index in [2.05, 4.69) is 6.92 Å². The fourth-order valence-electron chi connectivity index (χ4n) is 2.02. The van der Waals surface area contributed by atoms with Crippen LogP contribution in [0.4, 0.5) is 0 Å². The minimum absolute atomic E-state index is 0.243. The van der Waals surface area contributed by atoms with Gasteiger partial charge in [-0.1, -0.05) is 43.7 Å². The molecule has 0 amide bonds. The van der Waals surface area contributed by atoms with Crippen LogP contribution in [0.15, 0.2) is 30.3 Å². The second-order valence-electron chi connectivity index (χ2n) is 5.04. The largest absolute Gasteiger partial charge is 0.389 e. The van der Waals surface area contributed by atoms with E-state index in [-0.39, 0.29) is 6.04 Å². The third-order valence-corrected chi connectivity index (χ3v) is 2.92. The van der Waals surface area contributed by atoms with E-state index in [9.17, 15) is 10.3 Å². The molecular weight excluding hydrogens is 214 g/mol. The van der Waals surface area contributed by atoms with Crippen molar-refractivity contribution in [1.82, 2.24) is 5.06 Å². The van der Waals surface area contributed by atoms with Crippen molar-refractivity contribution < 1.29 is 10.3 Å². The maximum Gasteiger partial charge on any atom is 0.0769 e. The Morgan fingerprint density at radius 1 is 1.24 bits per heavy atom. The van der Waals surface area contributed by atoms with E-state index in [1.165, 1.54) is 5.06 Å². The van der Waals surface area contributed by atoms with E-state index >= 15 is 0 Å². The van der Waals surface area contributed by atoms with Crippen molar-refractivity contribution >= 4 is 0 Å². The lowest BCUT2D eigenvalue weighted by molar-refractivity contribution is -0.185. The lowest BCUT2D eigenvalue weighted by Gasteiger charge is -2.35. The molecule has 1 aromatic carbocycles. The average molecular weight is 237 g/mol. The molecule has 1 aromatic rings. The zero-order chi connectivity index (χ0) is 12.9. The number of hydroxylamine groups is 2. The van der Waals surface area contributed by atoms with Crippen LogP contribution in [0.5, 0.6) is 0 Å². The first-order valence-electron chi connectivity index (χ1n) is 6.17.